The van der Waals surface area contributed by atoms with Gasteiger partial charge in [0.1, 0.15) is 0 Å². The predicted molar refractivity (Wildman–Crippen MR) is 67.7 cm³/mol. The molecule has 0 heterocycles. The summed E-state index contributed by atoms with van der Waals surface area (Å²) in [6.45, 7) is 6.74. The van der Waals surface area contributed by atoms with Gasteiger partial charge in [-0.15, -0.1) is 0 Å². The number of nitrogens with one attached hydrogen (secondary N) is 1. The number of halogens is 3. The number of hydrogen-bond acceptors (Lipinski definition) is 1. The molecule has 0 fully saturated rings. The lowest BCUT2D eigenvalue weighted by Gasteiger charge is -2.22. The minimum absolute atomic E-state index is 0.236. The van der Waals surface area contributed by atoms with Crippen LogP contribution in [0.5, 0.6) is 0 Å². The van der Waals surface area contributed by atoms with E-state index in [-0.39, 0.29) is 5.92 Å². The van der Waals surface area contributed by atoms with Crippen molar-refractivity contribution < 1.29 is 13.2 Å². The highest BCUT2D eigenvalue weighted by Crippen LogP contribution is 2.33. The number of benzene rings is 1. The summed E-state index contributed by atoms with van der Waals surface area (Å²) in [6, 6.07) is 4.01. The fourth-order valence-corrected chi connectivity index (χ4v) is 2.17. The maximum atomic E-state index is 12.6. The molecule has 4 heteroatoms. The molecule has 1 N–H and O–H groups in total. The van der Waals surface area contributed by atoms with Gasteiger partial charge in [0.15, 0.2) is 0 Å². The zero-order chi connectivity index (χ0) is 13.9. The third-order valence-corrected chi connectivity index (χ3v) is 3.47. The van der Waals surface area contributed by atoms with Gasteiger partial charge in [0.05, 0.1) is 5.56 Å². The lowest BCUT2D eigenvalue weighted by atomic mass is 9.86. The summed E-state index contributed by atoms with van der Waals surface area (Å²) in [5.41, 5.74) is 1.13. The molecule has 18 heavy (non-hydrogen) atoms. The third kappa shape index (κ3) is 3.48. The molecule has 1 nitrogen and oxygen atoms in total. The van der Waals surface area contributed by atoms with Gasteiger partial charge in [0.25, 0.3) is 0 Å². The Hall–Kier alpha value is -1.03. The van der Waals surface area contributed by atoms with Crippen molar-refractivity contribution in [2.75, 3.05) is 13.6 Å². The summed E-state index contributed by atoms with van der Waals surface area (Å²) in [5.74, 6) is 0.616. The lowest BCUT2D eigenvalue weighted by molar-refractivity contribution is -0.137. The lowest BCUT2D eigenvalue weighted by Crippen LogP contribution is -2.21. The van der Waals surface area contributed by atoms with E-state index in [1.807, 2.05) is 7.05 Å². The highest BCUT2D eigenvalue weighted by Gasteiger charge is 2.31. The second kappa shape index (κ2) is 5.74. The molecular formula is C14H20F3N. The van der Waals surface area contributed by atoms with Crippen LogP contribution >= 0.6 is 0 Å². The van der Waals surface area contributed by atoms with E-state index in [9.17, 15) is 13.2 Å². The molecule has 102 valence electrons. The van der Waals surface area contributed by atoms with Gasteiger partial charge in [-0.05, 0) is 55.6 Å². The van der Waals surface area contributed by atoms with E-state index < -0.39 is 11.7 Å². The van der Waals surface area contributed by atoms with Crippen molar-refractivity contribution in [3.05, 3.63) is 34.9 Å². The van der Waals surface area contributed by atoms with Crippen molar-refractivity contribution in [1.29, 1.82) is 0 Å². The Kier molecular flexibility index (Phi) is 4.79. The standard InChI is InChI=1S/C14H20F3N/c1-9-7-12(14(15,16)17)5-6-13(9)11(3)10(2)8-18-4/h5-7,10-11,18H,8H2,1-4H3. The van der Waals surface area contributed by atoms with Crippen LogP contribution in [0.4, 0.5) is 13.2 Å². The van der Waals surface area contributed by atoms with E-state index in [2.05, 4.69) is 19.2 Å². The summed E-state index contributed by atoms with van der Waals surface area (Å²) < 4.78 is 37.7. The topological polar surface area (TPSA) is 12.0 Å². The van der Waals surface area contributed by atoms with Crippen molar-refractivity contribution >= 4 is 0 Å². The van der Waals surface area contributed by atoms with E-state index in [0.717, 1.165) is 12.1 Å². The molecule has 1 aromatic rings. The van der Waals surface area contributed by atoms with Crippen molar-refractivity contribution in [3.8, 4) is 0 Å². The second-order valence-corrected chi connectivity index (χ2v) is 4.89. The summed E-state index contributed by atoms with van der Waals surface area (Å²) in [4.78, 5) is 0. The second-order valence-electron chi connectivity index (χ2n) is 4.89. The molecule has 0 aliphatic heterocycles. The number of aryl methyl sites for hydroxylation is 1. The molecular weight excluding hydrogens is 239 g/mol. The molecule has 0 aromatic heterocycles. The molecule has 0 radical (unpaired) electrons. The Labute approximate surface area is 106 Å². The molecule has 1 rings (SSSR count). The molecule has 0 aliphatic rings. The van der Waals surface area contributed by atoms with Gasteiger partial charge in [-0.1, -0.05) is 19.9 Å². The molecule has 0 spiro atoms. The van der Waals surface area contributed by atoms with Gasteiger partial charge >= 0.3 is 6.18 Å². The highest BCUT2D eigenvalue weighted by atomic mass is 19.4. The monoisotopic (exact) mass is 259 g/mol. The van der Waals surface area contributed by atoms with Crippen molar-refractivity contribution in [3.63, 3.8) is 0 Å². The van der Waals surface area contributed by atoms with Crippen LogP contribution in [-0.2, 0) is 6.18 Å². The molecule has 1 aromatic carbocycles. The zero-order valence-electron chi connectivity index (χ0n) is 11.2. The van der Waals surface area contributed by atoms with Crippen LogP contribution in [0.1, 0.15) is 36.5 Å². The average Bonchev–Trinajstić information content (AvgIpc) is 2.27. The van der Waals surface area contributed by atoms with Gasteiger partial charge in [-0.3, -0.25) is 0 Å². The molecule has 2 unspecified atom stereocenters. The average molecular weight is 259 g/mol. The first-order valence-electron chi connectivity index (χ1n) is 6.09. The predicted octanol–water partition coefficient (Wildman–Crippen LogP) is 3.97. The first-order valence-corrected chi connectivity index (χ1v) is 6.09. The summed E-state index contributed by atoms with van der Waals surface area (Å²) in [5, 5.41) is 3.09. The van der Waals surface area contributed by atoms with Gasteiger partial charge in [-0.2, -0.15) is 13.2 Å². The third-order valence-electron chi connectivity index (χ3n) is 3.47. The maximum Gasteiger partial charge on any atom is 0.416 e. The van der Waals surface area contributed by atoms with Crippen LogP contribution in [-0.4, -0.2) is 13.6 Å². The summed E-state index contributed by atoms with van der Waals surface area (Å²) in [7, 11) is 1.88. The van der Waals surface area contributed by atoms with E-state index >= 15 is 0 Å². The fourth-order valence-electron chi connectivity index (χ4n) is 2.17. The Balaban J connectivity index is 2.99. The van der Waals surface area contributed by atoms with E-state index in [1.165, 1.54) is 12.1 Å². The van der Waals surface area contributed by atoms with Crippen molar-refractivity contribution in [2.24, 2.45) is 5.92 Å². The zero-order valence-corrected chi connectivity index (χ0v) is 11.2. The molecule has 0 aliphatic carbocycles. The molecule has 0 saturated heterocycles. The van der Waals surface area contributed by atoms with Gasteiger partial charge in [-0.25, -0.2) is 0 Å². The Morgan fingerprint density at radius 2 is 1.83 bits per heavy atom. The summed E-state index contributed by atoms with van der Waals surface area (Å²) in [6.07, 6.45) is -4.26. The number of rotatable bonds is 4. The van der Waals surface area contributed by atoms with E-state index in [1.54, 1.807) is 13.0 Å². The van der Waals surface area contributed by atoms with Crippen LogP contribution in [0.2, 0.25) is 0 Å². The first-order chi connectivity index (χ1) is 8.27. The SMILES string of the molecule is CNCC(C)C(C)c1ccc(C(F)(F)F)cc1C. The number of hydrogen-bond donors (Lipinski definition) is 1. The molecule has 0 bridgehead atoms. The van der Waals surface area contributed by atoms with E-state index in [0.29, 0.717) is 11.5 Å². The summed E-state index contributed by atoms with van der Waals surface area (Å²) >= 11 is 0. The smallest absolute Gasteiger partial charge is 0.319 e. The minimum atomic E-state index is -4.26. The molecule has 0 amide bonds. The van der Waals surface area contributed by atoms with Crippen LogP contribution in [0.15, 0.2) is 18.2 Å². The maximum absolute atomic E-state index is 12.6. The Morgan fingerprint density at radius 3 is 2.28 bits per heavy atom. The van der Waals surface area contributed by atoms with Crippen molar-refractivity contribution in [1.82, 2.24) is 5.32 Å². The van der Waals surface area contributed by atoms with Crippen LogP contribution in [0.3, 0.4) is 0 Å². The largest absolute Gasteiger partial charge is 0.416 e. The highest BCUT2D eigenvalue weighted by molar-refractivity contribution is 5.35. The van der Waals surface area contributed by atoms with Crippen LogP contribution in [0, 0.1) is 12.8 Å². The Morgan fingerprint density at radius 1 is 1.22 bits per heavy atom. The van der Waals surface area contributed by atoms with Gasteiger partial charge < -0.3 is 5.32 Å². The fraction of sp³-hybridized carbons (Fsp3) is 0.571. The van der Waals surface area contributed by atoms with Crippen LogP contribution in [0.25, 0.3) is 0 Å². The van der Waals surface area contributed by atoms with E-state index in [4.69, 9.17) is 0 Å². The molecule has 2 atom stereocenters. The normalized spacial score (nSPS) is 15.5. The van der Waals surface area contributed by atoms with Crippen LogP contribution < -0.4 is 5.32 Å². The molecule has 0 saturated carbocycles. The van der Waals surface area contributed by atoms with Crippen molar-refractivity contribution in [2.45, 2.75) is 32.9 Å². The number of alkyl halides is 3. The van der Waals surface area contributed by atoms with Gasteiger partial charge in [0.2, 0.25) is 0 Å². The Bertz CT molecular complexity index is 399. The quantitative estimate of drug-likeness (QED) is 0.862. The minimum Gasteiger partial charge on any atom is -0.319 e. The van der Waals surface area contributed by atoms with Gasteiger partial charge in [0, 0.05) is 0 Å². The first kappa shape index (κ1) is 15.0.